The van der Waals surface area contributed by atoms with Crippen molar-refractivity contribution in [2.24, 2.45) is 0 Å². The third kappa shape index (κ3) is 5.08. The predicted octanol–water partition coefficient (Wildman–Crippen LogP) is 2.46. The predicted molar refractivity (Wildman–Crippen MR) is 102 cm³/mol. The molecule has 0 saturated carbocycles. The minimum atomic E-state index is -0.343. The number of carbonyl (C=O) groups excluding carboxylic acids is 2. The molecular weight excluding hydrogens is 344 g/mol. The lowest BCUT2D eigenvalue weighted by Gasteiger charge is -2.40. The van der Waals surface area contributed by atoms with Crippen LogP contribution in [-0.4, -0.2) is 66.7 Å². The number of carbonyl (C=O) groups is 2. The molecule has 2 aliphatic heterocycles. The standard InChI is InChI=1S/C21H30N2O4/c1-15-12-23(13-16(2)27-15)19-8-9-20(24)22(11-10-19)14-17-4-6-18(7-5-17)21(25)26-3/h4-7,15-16,19H,8-14H2,1-3H3/t15-,16+,19?. The van der Waals surface area contributed by atoms with Gasteiger partial charge in [0.05, 0.1) is 24.9 Å². The average molecular weight is 374 g/mol. The van der Waals surface area contributed by atoms with Crippen LogP contribution >= 0.6 is 0 Å². The number of ether oxygens (including phenoxy) is 2. The normalized spacial score (nSPS) is 27.3. The van der Waals surface area contributed by atoms with E-state index < -0.39 is 0 Å². The van der Waals surface area contributed by atoms with Gasteiger partial charge in [0.25, 0.3) is 0 Å². The minimum Gasteiger partial charge on any atom is -0.465 e. The van der Waals surface area contributed by atoms with Gasteiger partial charge in [0, 0.05) is 38.6 Å². The number of likely N-dealkylation sites (tertiary alicyclic amines) is 1. The number of methoxy groups -OCH3 is 1. The van der Waals surface area contributed by atoms with E-state index in [1.807, 2.05) is 17.0 Å². The molecule has 148 valence electrons. The number of esters is 1. The highest BCUT2D eigenvalue weighted by Crippen LogP contribution is 2.23. The number of nitrogens with zero attached hydrogens (tertiary/aromatic N) is 2. The Morgan fingerprint density at radius 2 is 1.81 bits per heavy atom. The van der Waals surface area contributed by atoms with E-state index >= 15 is 0 Å². The second kappa shape index (κ2) is 8.85. The first kappa shape index (κ1) is 19.8. The fourth-order valence-electron chi connectivity index (χ4n) is 4.15. The van der Waals surface area contributed by atoms with Gasteiger partial charge < -0.3 is 14.4 Å². The van der Waals surface area contributed by atoms with Gasteiger partial charge in [0.2, 0.25) is 5.91 Å². The maximum atomic E-state index is 12.6. The van der Waals surface area contributed by atoms with Crippen LogP contribution in [-0.2, 0) is 20.8 Å². The molecule has 1 aromatic carbocycles. The monoisotopic (exact) mass is 374 g/mol. The Labute approximate surface area is 161 Å². The molecule has 2 saturated heterocycles. The van der Waals surface area contributed by atoms with E-state index in [-0.39, 0.29) is 24.1 Å². The number of benzene rings is 1. The number of amides is 1. The highest BCUT2D eigenvalue weighted by Gasteiger charge is 2.31. The summed E-state index contributed by atoms with van der Waals surface area (Å²) in [6, 6.07) is 7.74. The second-order valence-corrected chi connectivity index (χ2v) is 7.70. The molecule has 27 heavy (non-hydrogen) atoms. The fraction of sp³-hybridized carbons (Fsp3) is 0.619. The van der Waals surface area contributed by atoms with E-state index in [9.17, 15) is 9.59 Å². The zero-order valence-electron chi connectivity index (χ0n) is 16.5. The van der Waals surface area contributed by atoms with Crippen molar-refractivity contribution in [3.63, 3.8) is 0 Å². The Hall–Kier alpha value is -1.92. The summed E-state index contributed by atoms with van der Waals surface area (Å²) in [6.45, 7) is 7.48. The summed E-state index contributed by atoms with van der Waals surface area (Å²) in [5.41, 5.74) is 1.56. The highest BCUT2D eigenvalue weighted by molar-refractivity contribution is 5.89. The van der Waals surface area contributed by atoms with Gasteiger partial charge in [-0.05, 0) is 44.4 Å². The van der Waals surface area contributed by atoms with Gasteiger partial charge in [0.1, 0.15) is 0 Å². The van der Waals surface area contributed by atoms with Crippen LogP contribution in [0, 0.1) is 0 Å². The molecular formula is C21H30N2O4. The molecule has 0 aromatic heterocycles. The first-order chi connectivity index (χ1) is 13.0. The van der Waals surface area contributed by atoms with Gasteiger partial charge in [-0.2, -0.15) is 0 Å². The Balaban J connectivity index is 1.59. The molecule has 0 N–H and O–H groups in total. The summed E-state index contributed by atoms with van der Waals surface area (Å²) >= 11 is 0. The molecule has 6 heteroatoms. The number of hydrogen-bond acceptors (Lipinski definition) is 5. The van der Waals surface area contributed by atoms with Crippen LogP contribution in [0.5, 0.6) is 0 Å². The van der Waals surface area contributed by atoms with Crippen molar-refractivity contribution in [1.82, 2.24) is 9.80 Å². The van der Waals surface area contributed by atoms with E-state index in [0.29, 0.717) is 24.6 Å². The molecule has 0 aliphatic carbocycles. The first-order valence-electron chi connectivity index (χ1n) is 9.80. The van der Waals surface area contributed by atoms with Crippen molar-refractivity contribution in [1.29, 1.82) is 0 Å². The molecule has 0 spiro atoms. The topological polar surface area (TPSA) is 59.1 Å². The van der Waals surface area contributed by atoms with Crippen LogP contribution in [0.15, 0.2) is 24.3 Å². The van der Waals surface area contributed by atoms with Crippen LogP contribution in [0.25, 0.3) is 0 Å². The highest BCUT2D eigenvalue weighted by atomic mass is 16.5. The van der Waals surface area contributed by atoms with E-state index in [0.717, 1.165) is 38.0 Å². The van der Waals surface area contributed by atoms with Crippen LogP contribution in [0.2, 0.25) is 0 Å². The van der Waals surface area contributed by atoms with Crippen LogP contribution < -0.4 is 0 Å². The molecule has 2 heterocycles. The third-order valence-electron chi connectivity index (χ3n) is 5.49. The lowest BCUT2D eigenvalue weighted by atomic mass is 10.0. The summed E-state index contributed by atoms with van der Waals surface area (Å²) in [5, 5.41) is 0. The second-order valence-electron chi connectivity index (χ2n) is 7.70. The Morgan fingerprint density at radius 3 is 2.44 bits per heavy atom. The Bertz CT molecular complexity index is 651. The van der Waals surface area contributed by atoms with E-state index in [2.05, 4.69) is 18.7 Å². The summed E-state index contributed by atoms with van der Waals surface area (Å²) < 4.78 is 10.6. The van der Waals surface area contributed by atoms with Crippen LogP contribution in [0.1, 0.15) is 49.0 Å². The van der Waals surface area contributed by atoms with Gasteiger partial charge in [-0.15, -0.1) is 0 Å². The molecule has 0 bridgehead atoms. The largest absolute Gasteiger partial charge is 0.465 e. The Kier molecular flexibility index (Phi) is 6.50. The van der Waals surface area contributed by atoms with E-state index in [4.69, 9.17) is 9.47 Å². The van der Waals surface area contributed by atoms with E-state index in [1.165, 1.54) is 7.11 Å². The molecule has 1 aromatic rings. The minimum absolute atomic E-state index is 0.212. The third-order valence-corrected chi connectivity index (χ3v) is 5.49. The van der Waals surface area contributed by atoms with Crippen molar-refractivity contribution in [3.8, 4) is 0 Å². The van der Waals surface area contributed by atoms with Crippen molar-refractivity contribution < 1.29 is 19.1 Å². The maximum Gasteiger partial charge on any atom is 0.337 e. The Morgan fingerprint density at radius 1 is 1.15 bits per heavy atom. The maximum absolute atomic E-state index is 12.6. The first-order valence-corrected chi connectivity index (χ1v) is 9.80. The van der Waals surface area contributed by atoms with Gasteiger partial charge in [-0.25, -0.2) is 4.79 Å². The lowest BCUT2D eigenvalue weighted by Crippen LogP contribution is -2.50. The smallest absolute Gasteiger partial charge is 0.337 e. The molecule has 2 fully saturated rings. The van der Waals surface area contributed by atoms with E-state index in [1.54, 1.807) is 12.1 Å². The van der Waals surface area contributed by atoms with Crippen molar-refractivity contribution in [2.75, 3.05) is 26.7 Å². The summed E-state index contributed by atoms with van der Waals surface area (Å²) in [7, 11) is 1.37. The zero-order valence-corrected chi connectivity index (χ0v) is 16.5. The van der Waals surface area contributed by atoms with Crippen molar-refractivity contribution in [2.45, 2.75) is 57.9 Å². The molecule has 3 atom stereocenters. The van der Waals surface area contributed by atoms with Gasteiger partial charge in [-0.1, -0.05) is 12.1 Å². The van der Waals surface area contributed by atoms with Crippen molar-refractivity contribution in [3.05, 3.63) is 35.4 Å². The molecule has 6 nitrogen and oxygen atoms in total. The molecule has 3 rings (SSSR count). The zero-order chi connectivity index (χ0) is 19.4. The molecule has 0 radical (unpaired) electrons. The van der Waals surface area contributed by atoms with Gasteiger partial charge >= 0.3 is 5.97 Å². The van der Waals surface area contributed by atoms with Gasteiger partial charge in [0.15, 0.2) is 0 Å². The molecule has 2 aliphatic rings. The number of morpholine rings is 1. The quantitative estimate of drug-likeness (QED) is 0.758. The summed E-state index contributed by atoms with van der Waals surface area (Å²) in [4.78, 5) is 28.6. The van der Waals surface area contributed by atoms with Gasteiger partial charge in [-0.3, -0.25) is 9.69 Å². The van der Waals surface area contributed by atoms with Crippen LogP contribution in [0.3, 0.4) is 0 Å². The SMILES string of the molecule is COC(=O)c1ccc(CN2CCC(N3C[C@@H](C)O[C@@H](C)C3)CCC2=O)cc1. The number of rotatable bonds is 4. The summed E-state index contributed by atoms with van der Waals surface area (Å²) in [6.07, 6.45) is 2.99. The molecule has 1 unspecified atom stereocenters. The average Bonchev–Trinajstić information content (AvgIpc) is 2.83. The molecule has 1 amide bonds. The van der Waals surface area contributed by atoms with Crippen molar-refractivity contribution >= 4 is 11.9 Å². The lowest BCUT2D eigenvalue weighted by molar-refractivity contribution is -0.131. The van der Waals surface area contributed by atoms with Crippen LogP contribution in [0.4, 0.5) is 0 Å². The fourth-order valence-corrected chi connectivity index (χ4v) is 4.15. The summed E-state index contributed by atoms with van der Waals surface area (Å²) in [5.74, 6) is -0.131. The number of hydrogen-bond donors (Lipinski definition) is 0.